The molecule has 0 radical (unpaired) electrons. The molecule has 8 heteroatoms. The lowest BCUT2D eigenvalue weighted by atomic mass is 10.1. The van der Waals surface area contributed by atoms with Crippen molar-refractivity contribution in [3.63, 3.8) is 0 Å². The normalized spacial score (nSPS) is 15.7. The van der Waals surface area contributed by atoms with Gasteiger partial charge in [0.25, 0.3) is 0 Å². The van der Waals surface area contributed by atoms with Gasteiger partial charge in [-0.2, -0.15) is 5.06 Å². The zero-order valence-electron chi connectivity index (χ0n) is 14.9. The van der Waals surface area contributed by atoms with Crippen LogP contribution in [0.2, 0.25) is 0 Å². The summed E-state index contributed by atoms with van der Waals surface area (Å²) in [7, 11) is 1.35. The molecule has 4 rings (SSSR count). The number of rotatable bonds is 5. The maximum Gasteiger partial charge on any atom is 0.353 e. The summed E-state index contributed by atoms with van der Waals surface area (Å²) in [5.74, 6) is -1.16. The number of ether oxygens (including phenoxy) is 1. The van der Waals surface area contributed by atoms with Crippen molar-refractivity contribution in [2.24, 2.45) is 0 Å². The summed E-state index contributed by atoms with van der Waals surface area (Å²) < 4.78 is 6.75. The van der Waals surface area contributed by atoms with Crippen molar-refractivity contribution in [3.8, 4) is 5.75 Å². The van der Waals surface area contributed by atoms with Crippen molar-refractivity contribution in [1.29, 1.82) is 0 Å². The minimum absolute atomic E-state index is 0.115. The lowest BCUT2D eigenvalue weighted by Gasteiger charge is -2.20. The van der Waals surface area contributed by atoms with Gasteiger partial charge >= 0.3 is 18.0 Å². The number of fused-ring (bicyclic) bond motifs is 3. The van der Waals surface area contributed by atoms with E-state index in [1.54, 1.807) is 36.4 Å². The first-order valence-electron chi connectivity index (χ1n) is 8.51. The molecule has 28 heavy (non-hydrogen) atoms. The third-order valence-corrected chi connectivity index (χ3v) is 4.61. The van der Waals surface area contributed by atoms with Gasteiger partial charge in [-0.1, -0.05) is 18.2 Å². The SMILES string of the molecule is CON1C(=O)n2c(cc3cc(C(=O)O)ccc32)C1CC(=O)Oc1ccccc1. The van der Waals surface area contributed by atoms with Gasteiger partial charge in [-0.25, -0.2) is 9.59 Å². The third-order valence-electron chi connectivity index (χ3n) is 4.61. The standard InChI is InChI=1S/C20H16N2O6/c1-27-22-17(11-18(23)28-14-5-3-2-4-6-14)16-10-13-9-12(19(24)25)7-8-15(13)21(16)20(22)26/h2-10,17H,11H2,1H3,(H,24,25). The summed E-state index contributed by atoms with van der Waals surface area (Å²) >= 11 is 0. The summed E-state index contributed by atoms with van der Waals surface area (Å²) in [6, 6.07) is 13.7. The van der Waals surface area contributed by atoms with Gasteiger partial charge in [-0.3, -0.25) is 14.2 Å². The predicted octanol–water partition coefficient (Wildman–Crippen LogP) is 3.22. The molecule has 0 bridgehead atoms. The number of hydroxylamine groups is 2. The third kappa shape index (κ3) is 2.89. The molecule has 1 atom stereocenters. The number of esters is 1. The molecule has 142 valence electrons. The Balaban J connectivity index is 1.68. The molecule has 3 aromatic rings. The monoisotopic (exact) mass is 380 g/mol. The molecule has 1 aliphatic heterocycles. The van der Waals surface area contributed by atoms with E-state index in [0.717, 1.165) is 5.06 Å². The molecule has 0 saturated heterocycles. The number of carbonyl (C=O) groups is 3. The van der Waals surface area contributed by atoms with Crippen LogP contribution in [0.25, 0.3) is 10.9 Å². The van der Waals surface area contributed by atoms with E-state index < -0.39 is 24.0 Å². The molecule has 0 fully saturated rings. The highest BCUT2D eigenvalue weighted by molar-refractivity contribution is 5.99. The van der Waals surface area contributed by atoms with Gasteiger partial charge in [0.2, 0.25) is 0 Å². The molecule has 2 aromatic carbocycles. The van der Waals surface area contributed by atoms with E-state index in [0.29, 0.717) is 22.3 Å². The van der Waals surface area contributed by atoms with Gasteiger partial charge in [0.1, 0.15) is 11.8 Å². The highest BCUT2D eigenvalue weighted by Crippen LogP contribution is 2.37. The average molecular weight is 380 g/mol. The first-order chi connectivity index (χ1) is 13.5. The summed E-state index contributed by atoms with van der Waals surface area (Å²) in [5.41, 5.74) is 1.20. The maximum absolute atomic E-state index is 12.8. The van der Waals surface area contributed by atoms with Crippen molar-refractivity contribution in [2.45, 2.75) is 12.5 Å². The van der Waals surface area contributed by atoms with Crippen LogP contribution in [-0.4, -0.2) is 39.8 Å². The largest absolute Gasteiger partial charge is 0.478 e. The number of hydrogen-bond donors (Lipinski definition) is 1. The van der Waals surface area contributed by atoms with Gasteiger partial charge in [-0.15, -0.1) is 0 Å². The molecule has 0 aliphatic carbocycles. The molecule has 2 heterocycles. The molecule has 1 N–H and O–H groups in total. The first kappa shape index (κ1) is 17.7. The molecular formula is C20H16N2O6. The smallest absolute Gasteiger partial charge is 0.353 e. The number of carboxylic acids is 1. The van der Waals surface area contributed by atoms with Gasteiger partial charge in [0.05, 0.1) is 30.3 Å². The second-order valence-corrected chi connectivity index (χ2v) is 6.28. The van der Waals surface area contributed by atoms with Gasteiger partial charge < -0.3 is 9.84 Å². The summed E-state index contributed by atoms with van der Waals surface area (Å²) in [5, 5.41) is 10.9. The van der Waals surface area contributed by atoms with Crippen LogP contribution in [0.4, 0.5) is 4.79 Å². The van der Waals surface area contributed by atoms with Crippen LogP contribution in [0.1, 0.15) is 28.5 Å². The van der Waals surface area contributed by atoms with Crippen LogP contribution >= 0.6 is 0 Å². The number of benzene rings is 2. The Morgan fingerprint density at radius 2 is 1.86 bits per heavy atom. The zero-order chi connectivity index (χ0) is 19.8. The van der Waals surface area contributed by atoms with E-state index >= 15 is 0 Å². The fourth-order valence-electron chi connectivity index (χ4n) is 3.39. The predicted molar refractivity (Wildman–Crippen MR) is 98.0 cm³/mol. The molecule has 0 saturated carbocycles. The van der Waals surface area contributed by atoms with Crippen molar-refractivity contribution >= 4 is 28.9 Å². The van der Waals surface area contributed by atoms with E-state index in [-0.39, 0.29) is 12.0 Å². The Kier molecular flexibility index (Phi) is 4.32. The Morgan fingerprint density at radius 1 is 1.11 bits per heavy atom. The lowest BCUT2D eigenvalue weighted by molar-refractivity contribution is -0.143. The lowest BCUT2D eigenvalue weighted by Crippen LogP contribution is -2.30. The number of aromatic carboxylic acids is 1. The number of carboxylic acid groups (broad SMARTS) is 1. The van der Waals surface area contributed by atoms with Gasteiger partial charge in [0.15, 0.2) is 0 Å². The van der Waals surface area contributed by atoms with Crippen molar-refractivity contribution < 1.29 is 29.1 Å². The Bertz CT molecular complexity index is 1090. The Hall–Kier alpha value is -3.65. The Morgan fingerprint density at radius 3 is 2.54 bits per heavy atom. The highest BCUT2D eigenvalue weighted by Gasteiger charge is 2.40. The number of carbonyl (C=O) groups excluding carboxylic acids is 2. The zero-order valence-corrected chi connectivity index (χ0v) is 14.9. The fourth-order valence-corrected chi connectivity index (χ4v) is 3.39. The second kappa shape index (κ2) is 6.82. The van der Waals surface area contributed by atoms with Crippen LogP contribution in [0, 0.1) is 0 Å². The van der Waals surface area contributed by atoms with Crippen LogP contribution in [0.5, 0.6) is 5.75 Å². The molecule has 0 spiro atoms. The van der Waals surface area contributed by atoms with Crippen LogP contribution < -0.4 is 4.74 Å². The van der Waals surface area contributed by atoms with Crippen molar-refractivity contribution in [2.75, 3.05) is 7.11 Å². The number of amides is 1. The second-order valence-electron chi connectivity index (χ2n) is 6.28. The molecule has 1 aromatic heterocycles. The number of aromatic nitrogens is 1. The molecule has 8 nitrogen and oxygen atoms in total. The quantitative estimate of drug-likeness (QED) is 0.539. The average Bonchev–Trinajstić information content (AvgIpc) is 3.17. The number of hydrogen-bond acceptors (Lipinski definition) is 5. The summed E-state index contributed by atoms with van der Waals surface area (Å²) in [6.45, 7) is 0. The highest BCUT2D eigenvalue weighted by atomic mass is 16.7. The van der Waals surface area contributed by atoms with E-state index in [2.05, 4.69) is 0 Å². The number of nitrogens with zero attached hydrogens (tertiary/aromatic N) is 2. The maximum atomic E-state index is 12.8. The van der Waals surface area contributed by atoms with Gasteiger partial charge in [0, 0.05) is 5.39 Å². The molecule has 1 unspecified atom stereocenters. The van der Waals surface area contributed by atoms with E-state index in [1.165, 1.54) is 23.8 Å². The minimum Gasteiger partial charge on any atom is -0.478 e. The molecular weight excluding hydrogens is 364 g/mol. The van der Waals surface area contributed by atoms with E-state index in [9.17, 15) is 19.5 Å². The van der Waals surface area contributed by atoms with E-state index in [1.807, 2.05) is 6.07 Å². The number of para-hydroxylation sites is 1. The summed E-state index contributed by atoms with van der Waals surface area (Å²) in [4.78, 5) is 41.6. The fraction of sp³-hybridized carbons (Fsp3) is 0.150. The van der Waals surface area contributed by atoms with Gasteiger partial charge in [-0.05, 0) is 36.4 Å². The Labute approximate surface area is 159 Å². The summed E-state index contributed by atoms with van der Waals surface area (Å²) in [6.07, 6.45) is -0.115. The van der Waals surface area contributed by atoms with Crippen molar-refractivity contribution in [1.82, 2.24) is 9.63 Å². The van der Waals surface area contributed by atoms with Crippen molar-refractivity contribution in [3.05, 3.63) is 65.9 Å². The first-order valence-corrected chi connectivity index (χ1v) is 8.51. The van der Waals surface area contributed by atoms with Crippen LogP contribution in [-0.2, 0) is 9.63 Å². The molecule has 1 amide bonds. The van der Waals surface area contributed by atoms with Crippen LogP contribution in [0.15, 0.2) is 54.6 Å². The topological polar surface area (TPSA) is 98.1 Å². The van der Waals surface area contributed by atoms with E-state index in [4.69, 9.17) is 9.57 Å². The van der Waals surface area contributed by atoms with Crippen LogP contribution in [0.3, 0.4) is 0 Å². The molecule has 1 aliphatic rings. The minimum atomic E-state index is -1.05.